The molecule has 0 heterocycles. The van der Waals surface area contributed by atoms with E-state index >= 15 is 0 Å². The van der Waals surface area contributed by atoms with Crippen LogP contribution in [0.4, 0.5) is 0 Å². The third-order valence-electron chi connectivity index (χ3n) is 0.730. The monoisotopic (exact) mass is 129 g/mol. The highest BCUT2D eigenvalue weighted by molar-refractivity contribution is 7.55. The van der Waals surface area contributed by atoms with Gasteiger partial charge in [-0.05, 0) is 25.4 Å². The first-order valence-electron chi connectivity index (χ1n) is 2.77. The highest BCUT2D eigenvalue weighted by Gasteiger charge is 1.94. The van der Waals surface area contributed by atoms with Gasteiger partial charge >= 0.3 is 0 Å². The summed E-state index contributed by atoms with van der Waals surface area (Å²) in [7, 11) is 0.360. The van der Waals surface area contributed by atoms with Crippen LogP contribution in [0.2, 0.25) is 0 Å². The maximum absolute atomic E-state index is 2.33. The average molecular weight is 129 g/mol. The molecule has 0 amide bonds. The van der Waals surface area contributed by atoms with Crippen LogP contribution in [0.5, 0.6) is 0 Å². The van der Waals surface area contributed by atoms with E-state index in [2.05, 4.69) is 27.2 Å². The maximum Gasteiger partial charge on any atom is 0 e. The van der Waals surface area contributed by atoms with E-state index in [1.807, 2.05) is 0 Å². The number of hydrogen-bond acceptors (Lipinski definition) is 0. The minimum absolute atomic E-state index is 0. The van der Waals surface area contributed by atoms with Crippen molar-refractivity contribution in [3.8, 4) is 0 Å². The molecule has 0 N–H and O–H groups in total. The second kappa shape index (κ2) is 5.63. The molecule has 0 unspecified atom stereocenters. The highest BCUT2D eigenvalue weighted by Crippen LogP contribution is 2.26. The van der Waals surface area contributed by atoms with Gasteiger partial charge in [0.1, 0.15) is 0 Å². The zero-order chi connectivity index (χ0) is 5.86. The molecule has 0 aliphatic rings. The molecule has 0 aliphatic carbocycles. The van der Waals surface area contributed by atoms with E-state index in [0.29, 0.717) is 7.92 Å². The molecule has 0 saturated heterocycles. The van der Waals surface area contributed by atoms with Gasteiger partial charge in [0, 0.05) is 8.41 Å². The minimum atomic E-state index is 0. The summed E-state index contributed by atoms with van der Waals surface area (Å²) in [4.78, 5) is 0. The molecule has 0 spiro atoms. The Kier molecular flexibility index (Phi) is 7.96. The van der Waals surface area contributed by atoms with Crippen LogP contribution in [0, 0.1) is 5.92 Å². The lowest BCUT2D eigenvalue weighted by molar-refractivity contribution is 0.746. The van der Waals surface area contributed by atoms with E-state index in [9.17, 15) is 0 Å². The predicted octanol–water partition coefficient (Wildman–Crippen LogP) is 2.00. The molecule has 3 radical (unpaired) electrons. The van der Waals surface area contributed by atoms with Gasteiger partial charge in [0.2, 0.25) is 0 Å². The Hall–Kier alpha value is 0.495. The van der Waals surface area contributed by atoms with Gasteiger partial charge < -0.3 is 0 Å². The number of rotatable bonds is 2. The fourth-order valence-electron chi connectivity index (χ4n) is 0.730. The molecule has 0 nitrogen and oxygen atoms in total. The second-order valence-electron chi connectivity index (χ2n) is 2.66. The van der Waals surface area contributed by atoms with E-state index in [1.54, 1.807) is 0 Å². The van der Waals surface area contributed by atoms with E-state index < -0.39 is 0 Å². The van der Waals surface area contributed by atoms with Gasteiger partial charge in [-0.2, -0.15) is 0 Å². The van der Waals surface area contributed by atoms with Gasteiger partial charge in [0.15, 0.2) is 0 Å². The van der Waals surface area contributed by atoms with Crippen molar-refractivity contribution >= 4 is 16.3 Å². The first kappa shape index (κ1) is 11.3. The quantitative estimate of drug-likeness (QED) is 0.395. The van der Waals surface area contributed by atoms with Crippen LogP contribution >= 0.6 is 7.92 Å². The van der Waals surface area contributed by atoms with Crippen LogP contribution in [0.15, 0.2) is 0 Å². The van der Waals surface area contributed by atoms with E-state index in [1.165, 1.54) is 6.16 Å². The molecule has 0 aliphatic heterocycles. The standard InChI is InChI=1S/C6H15P.B/c1-6(2)5-7(3)4;/h6H,5H2,1-4H3;. The summed E-state index contributed by atoms with van der Waals surface area (Å²) >= 11 is 0. The summed E-state index contributed by atoms with van der Waals surface area (Å²) < 4.78 is 0. The summed E-state index contributed by atoms with van der Waals surface area (Å²) in [5.74, 6) is 0.904. The molecule has 8 heavy (non-hydrogen) atoms. The Balaban J connectivity index is 0. The summed E-state index contributed by atoms with van der Waals surface area (Å²) in [5, 5.41) is 0. The first-order valence-corrected chi connectivity index (χ1v) is 5.19. The second-order valence-corrected chi connectivity index (χ2v) is 5.18. The summed E-state index contributed by atoms with van der Waals surface area (Å²) in [6.07, 6.45) is 1.43. The van der Waals surface area contributed by atoms with Gasteiger partial charge in [-0.15, -0.1) is 7.92 Å². The van der Waals surface area contributed by atoms with Gasteiger partial charge in [-0.1, -0.05) is 13.8 Å². The van der Waals surface area contributed by atoms with Crippen molar-refractivity contribution in [2.45, 2.75) is 13.8 Å². The van der Waals surface area contributed by atoms with Gasteiger partial charge in [-0.25, -0.2) is 0 Å². The van der Waals surface area contributed by atoms with Crippen LogP contribution in [-0.2, 0) is 0 Å². The fraction of sp³-hybridized carbons (Fsp3) is 1.00. The minimum Gasteiger partial charge on any atom is -0.113 e. The van der Waals surface area contributed by atoms with Crippen molar-refractivity contribution in [2.24, 2.45) is 5.92 Å². The molecule has 0 aromatic rings. The molecule has 0 fully saturated rings. The van der Waals surface area contributed by atoms with E-state index in [-0.39, 0.29) is 8.41 Å². The maximum atomic E-state index is 2.33. The molecule has 0 aromatic heterocycles. The molecule has 0 atom stereocenters. The van der Waals surface area contributed by atoms with Crippen LogP contribution in [0.1, 0.15) is 13.8 Å². The lowest BCUT2D eigenvalue weighted by Gasteiger charge is -2.06. The zero-order valence-corrected chi connectivity index (χ0v) is 7.20. The van der Waals surface area contributed by atoms with Crippen molar-refractivity contribution in [2.75, 3.05) is 19.5 Å². The molecular weight excluding hydrogens is 114 g/mol. The fourth-order valence-corrected chi connectivity index (χ4v) is 2.19. The lowest BCUT2D eigenvalue weighted by atomic mass is 10.3. The molecule has 0 bridgehead atoms. The van der Waals surface area contributed by atoms with Crippen molar-refractivity contribution in [1.29, 1.82) is 0 Å². The van der Waals surface area contributed by atoms with Gasteiger partial charge in [-0.3, -0.25) is 0 Å². The molecule has 0 saturated carbocycles. The van der Waals surface area contributed by atoms with Crippen molar-refractivity contribution in [1.82, 2.24) is 0 Å². The van der Waals surface area contributed by atoms with E-state index in [0.717, 1.165) is 5.92 Å². The Bertz CT molecular complexity index is 37.8. The topological polar surface area (TPSA) is 0 Å². The van der Waals surface area contributed by atoms with Crippen LogP contribution < -0.4 is 0 Å². The summed E-state index contributed by atoms with van der Waals surface area (Å²) in [6.45, 7) is 9.22. The van der Waals surface area contributed by atoms with Gasteiger partial charge in [0.05, 0.1) is 0 Å². The molecule has 47 valence electrons. The third-order valence-corrected chi connectivity index (χ3v) is 2.19. The van der Waals surface area contributed by atoms with E-state index in [4.69, 9.17) is 0 Å². The Morgan fingerprint density at radius 2 is 1.62 bits per heavy atom. The smallest absolute Gasteiger partial charge is 0 e. The highest BCUT2D eigenvalue weighted by atomic mass is 31.1. The van der Waals surface area contributed by atoms with Crippen LogP contribution in [0.25, 0.3) is 0 Å². The largest absolute Gasteiger partial charge is 0.113 e. The normalized spacial score (nSPS) is 9.75. The Labute approximate surface area is 56.4 Å². The third kappa shape index (κ3) is 9.71. The van der Waals surface area contributed by atoms with Crippen molar-refractivity contribution in [3.05, 3.63) is 0 Å². The van der Waals surface area contributed by atoms with Crippen molar-refractivity contribution < 1.29 is 0 Å². The summed E-state index contributed by atoms with van der Waals surface area (Å²) in [6, 6.07) is 0. The SMILES string of the molecule is CC(C)CP(C)C.[B]. The Morgan fingerprint density at radius 3 is 1.62 bits per heavy atom. The number of hydrogen-bond donors (Lipinski definition) is 0. The van der Waals surface area contributed by atoms with Crippen LogP contribution in [-0.4, -0.2) is 27.9 Å². The molecular formula is C6H15BP. The predicted molar refractivity (Wildman–Crippen MR) is 44.2 cm³/mol. The first-order chi connectivity index (χ1) is 3.13. The van der Waals surface area contributed by atoms with Crippen molar-refractivity contribution in [3.63, 3.8) is 0 Å². The molecule has 0 aromatic carbocycles. The molecule has 0 rings (SSSR count). The van der Waals surface area contributed by atoms with Crippen LogP contribution in [0.3, 0.4) is 0 Å². The zero-order valence-electron chi connectivity index (χ0n) is 6.31. The lowest BCUT2D eigenvalue weighted by Crippen LogP contribution is -1.90. The summed E-state index contributed by atoms with van der Waals surface area (Å²) in [5.41, 5.74) is 0. The molecule has 2 heteroatoms. The van der Waals surface area contributed by atoms with Gasteiger partial charge in [0.25, 0.3) is 0 Å². The Morgan fingerprint density at radius 1 is 1.25 bits per heavy atom. The average Bonchev–Trinajstić information content (AvgIpc) is 1.27.